The first kappa shape index (κ1) is 18.2. The van der Waals surface area contributed by atoms with Crippen LogP contribution in [0.2, 0.25) is 0 Å². The van der Waals surface area contributed by atoms with E-state index in [1.165, 1.54) is 5.56 Å². The lowest BCUT2D eigenvalue weighted by molar-refractivity contribution is -0.130. The van der Waals surface area contributed by atoms with Crippen LogP contribution in [0.5, 0.6) is 0 Å². The number of fused-ring (bicyclic) bond motifs is 1. The van der Waals surface area contributed by atoms with Gasteiger partial charge in [0.05, 0.1) is 5.69 Å². The van der Waals surface area contributed by atoms with Crippen molar-refractivity contribution >= 4 is 17.5 Å². The van der Waals surface area contributed by atoms with Gasteiger partial charge in [-0.2, -0.15) is 0 Å². The van der Waals surface area contributed by atoms with Gasteiger partial charge in [0.2, 0.25) is 5.91 Å². The molecule has 0 saturated carbocycles. The molecule has 1 amide bonds. The molecule has 2 aromatic heterocycles. The molecule has 0 aromatic carbocycles. The zero-order chi connectivity index (χ0) is 18.5. The normalized spacial score (nSPS) is 15.6. The highest BCUT2D eigenvalue weighted by Crippen LogP contribution is 2.10. The number of piperazine rings is 1. The van der Waals surface area contributed by atoms with E-state index in [1.807, 2.05) is 17.2 Å². The summed E-state index contributed by atoms with van der Waals surface area (Å²) in [5, 5.41) is 3.37. The highest BCUT2D eigenvalue weighted by atomic mass is 16.2. The van der Waals surface area contributed by atoms with Crippen LogP contribution < -0.4 is 5.32 Å². The molecule has 0 unspecified atom stereocenters. The highest BCUT2D eigenvalue weighted by molar-refractivity contribution is 5.80. The number of amides is 1. The third kappa shape index (κ3) is 4.15. The van der Waals surface area contributed by atoms with Crippen molar-refractivity contribution in [1.29, 1.82) is 0 Å². The second kappa shape index (κ2) is 8.21. The van der Waals surface area contributed by atoms with Crippen LogP contribution in [0.15, 0.2) is 29.5 Å². The van der Waals surface area contributed by atoms with E-state index < -0.39 is 0 Å². The number of pyridine rings is 1. The number of aliphatic imine (C=N–C) groups is 1. The molecule has 26 heavy (non-hydrogen) atoms. The smallest absolute Gasteiger partial charge is 0.219 e. The maximum Gasteiger partial charge on any atom is 0.219 e. The van der Waals surface area contributed by atoms with Gasteiger partial charge in [-0.3, -0.25) is 9.79 Å². The fourth-order valence-corrected chi connectivity index (χ4v) is 3.26. The number of rotatable bonds is 4. The quantitative estimate of drug-likeness (QED) is 0.663. The van der Waals surface area contributed by atoms with Gasteiger partial charge in [-0.05, 0) is 25.5 Å². The molecular weight excluding hydrogens is 328 g/mol. The van der Waals surface area contributed by atoms with Crippen LogP contribution in [0.1, 0.15) is 25.1 Å². The molecule has 0 atom stereocenters. The number of hydrogen-bond donors (Lipinski definition) is 1. The maximum absolute atomic E-state index is 11.5. The first-order valence-corrected chi connectivity index (χ1v) is 9.30. The molecule has 1 saturated heterocycles. The summed E-state index contributed by atoms with van der Waals surface area (Å²) in [7, 11) is 0. The number of nitrogens with one attached hydrogen (secondary N) is 1. The average molecular weight is 356 g/mol. The zero-order valence-electron chi connectivity index (χ0n) is 15.9. The van der Waals surface area contributed by atoms with E-state index in [1.54, 1.807) is 6.92 Å². The van der Waals surface area contributed by atoms with Crippen molar-refractivity contribution in [2.75, 3.05) is 39.3 Å². The van der Waals surface area contributed by atoms with E-state index in [0.717, 1.165) is 56.4 Å². The summed E-state index contributed by atoms with van der Waals surface area (Å²) in [6.45, 7) is 10.5. The van der Waals surface area contributed by atoms with Crippen molar-refractivity contribution in [2.24, 2.45) is 4.99 Å². The number of aryl methyl sites for hydroxylation is 1. The largest absolute Gasteiger partial charge is 0.357 e. The predicted octanol–water partition coefficient (Wildman–Crippen LogP) is 1.31. The molecule has 2 aromatic rings. The van der Waals surface area contributed by atoms with Crippen molar-refractivity contribution in [1.82, 2.24) is 24.5 Å². The van der Waals surface area contributed by atoms with Crippen molar-refractivity contribution < 1.29 is 4.79 Å². The van der Waals surface area contributed by atoms with E-state index in [0.29, 0.717) is 6.54 Å². The second-order valence-electron chi connectivity index (χ2n) is 6.63. The summed E-state index contributed by atoms with van der Waals surface area (Å²) < 4.78 is 2.07. The predicted molar refractivity (Wildman–Crippen MR) is 103 cm³/mol. The SMILES string of the molecule is CCNC(=NCCc1cn2cccc(C)c2n1)N1CCN(C(C)=O)CC1. The maximum atomic E-state index is 11.5. The van der Waals surface area contributed by atoms with Gasteiger partial charge in [0.15, 0.2) is 5.96 Å². The minimum atomic E-state index is 0.147. The Morgan fingerprint density at radius 3 is 2.65 bits per heavy atom. The summed E-state index contributed by atoms with van der Waals surface area (Å²) in [5.41, 5.74) is 3.25. The Kier molecular flexibility index (Phi) is 5.75. The van der Waals surface area contributed by atoms with Crippen molar-refractivity contribution in [3.63, 3.8) is 0 Å². The Labute approximate surface area is 154 Å². The molecule has 0 bridgehead atoms. The summed E-state index contributed by atoms with van der Waals surface area (Å²) >= 11 is 0. The van der Waals surface area contributed by atoms with Crippen LogP contribution in [0.4, 0.5) is 0 Å². The first-order valence-electron chi connectivity index (χ1n) is 9.30. The number of nitrogens with zero attached hydrogens (tertiary/aromatic N) is 5. The number of aromatic nitrogens is 2. The molecule has 1 N–H and O–H groups in total. The van der Waals surface area contributed by atoms with Crippen LogP contribution in [0.25, 0.3) is 5.65 Å². The lowest BCUT2D eigenvalue weighted by Crippen LogP contribution is -2.53. The van der Waals surface area contributed by atoms with Gasteiger partial charge >= 0.3 is 0 Å². The van der Waals surface area contributed by atoms with Gasteiger partial charge < -0.3 is 19.5 Å². The van der Waals surface area contributed by atoms with E-state index in [-0.39, 0.29) is 5.91 Å². The summed E-state index contributed by atoms with van der Waals surface area (Å²) in [5.74, 6) is 1.07. The first-order chi connectivity index (χ1) is 12.6. The number of hydrogen-bond acceptors (Lipinski definition) is 3. The van der Waals surface area contributed by atoms with E-state index in [4.69, 9.17) is 9.98 Å². The van der Waals surface area contributed by atoms with Crippen LogP contribution in [-0.2, 0) is 11.2 Å². The lowest BCUT2D eigenvalue weighted by atomic mass is 10.3. The Morgan fingerprint density at radius 1 is 1.27 bits per heavy atom. The minimum Gasteiger partial charge on any atom is -0.357 e. The van der Waals surface area contributed by atoms with Gasteiger partial charge in [-0.15, -0.1) is 0 Å². The molecule has 0 radical (unpaired) electrons. The fraction of sp³-hybridized carbons (Fsp3) is 0.526. The highest BCUT2D eigenvalue weighted by Gasteiger charge is 2.20. The lowest BCUT2D eigenvalue weighted by Gasteiger charge is -2.36. The molecule has 7 nitrogen and oxygen atoms in total. The molecule has 1 aliphatic rings. The molecular formula is C19H28N6O. The number of carbonyl (C=O) groups excluding carboxylic acids is 1. The van der Waals surface area contributed by atoms with Gasteiger partial charge in [-0.25, -0.2) is 4.98 Å². The number of carbonyl (C=O) groups is 1. The third-order valence-corrected chi connectivity index (χ3v) is 4.72. The zero-order valence-corrected chi connectivity index (χ0v) is 15.9. The second-order valence-corrected chi connectivity index (χ2v) is 6.63. The monoisotopic (exact) mass is 356 g/mol. The summed E-state index contributed by atoms with van der Waals surface area (Å²) in [4.78, 5) is 25.1. The van der Waals surface area contributed by atoms with Crippen molar-refractivity contribution in [3.05, 3.63) is 35.8 Å². The van der Waals surface area contributed by atoms with E-state index in [9.17, 15) is 4.79 Å². The van der Waals surface area contributed by atoms with Gasteiger partial charge in [0.25, 0.3) is 0 Å². The summed E-state index contributed by atoms with van der Waals surface area (Å²) in [6, 6.07) is 4.12. The average Bonchev–Trinajstić information content (AvgIpc) is 3.05. The molecule has 1 fully saturated rings. The Morgan fingerprint density at radius 2 is 2.00 bits per heavy atom. The van der Waals surface area contributed by atoms with Gasteiger partial charge in [0, 0.05) is 65.0 Å². The Bertz CT molecular complexity index is 788. The molecule has 7 heteroatoms. The van der Waals surface area contributed by atoms with Crippen molar-refractivity contribution in [3.8, 4) is 0 Å². The molecule has 0 spiro atoms. The van der Waals surface area contributed by atoms with Crippen molar-refractivity contribution in [2.45, 2.75) is 27.2 Å². The Balaban J connectivity index is 1.62. The number of guanidine groups is 1. The minimum absolute atomic E-state index is 0.147. The van der Waals surface area contributed by atoms with Gasteiger partial charge in [0.1, 0.15) is 5.65 Å². The van der Waals surface area contributed by atoms with Crippen LogP contribution in [-0.4, -0.2) is 70.3 Å². The molecule has 0 aliphatic carbocycles. The number of imidazole rings is 1. The fourth-order valence-electron chi connectivity index (χ4n) is 3.26. The van der Waals surface area contributed by atoms with E-state index >= 15 is 0 Å². The molecule has 140 valence electrons. The topological polar surface area (TPSA) is 65.2 Å². The van der Waals surface area contributed by atoms with Crippen LogP contribution >= 0.6 is 0 Å². The molecule has 3 rings (SSSR count). The van der Waals surface area contributed by atoms with Crippen LogP contribution in [0, 0.1) is 6.92 Å². The molecule has 3 heterocycles. The molecule has 1 aliphatic heterocycles. The third-order valence-electron chi connectivity index (χ3n) is 4.72. The van der Waals surface area contributed by atoms with Crippen LogP contribution in [0.3, 0.4) is 0 Å². The van der Waals surface area contributed by atoms with Gasteiger partial charge in [-0.1, -0.05) is 6.07 Å². The Hall–Kier alpha value is -2.57. The summed E-state index contributed by atoms with van der Waals surface area (Å²) in [6.07, 6.45) is 4.92. The standard InChI is InChI=1S/C19H28N6O/c1-4-20-19(24-12-10-23(11-13-24)16(3)26)21-8-7-17-14-25-9-5-6-15(2)18(25)22-17/h5-6,9,14H,4,7-8,10-13H2,1-3H3,(H,20,21). The van der Waals surface area contributed by atoms with E-state index in [2.05, 4.69) is 40.7 Å².